The summed E-state index contributed by atoms with van der Waals surface area (Å²) in [5.41, 5.74) is 0. The molecule has 2 aliphatic rings. The Balaban J connectivity index is 1.48. The molecule has 0 N–H and O–H groups in total. The molecule has 2 fully saturated rings. The fourth-order valence-electron chi connectivity index (χ4n) is 7.32. The highest BCUT2D eigenvalue weighted by atomic mass is 16.8. The van der Waals surface area contributed by atoms with Crippen LogP contribution in [-0.2, 0) is 9.47 Å². The van der Waals surface area contributed by atoms with Crippen LogP contribution in [0.4, 0.5) is 0 Å². The number of unbranched alkanes of at least 4 members (excludes halogenated alkanes) is 19. The molecule has 2 nitrogen and oxygen atoms in total. The van der Waals surface area contributed by atoms with Gasteiger partial charge in [0.05, 0.1) is 12.2 Å². The van der Waals surface area contributed by atoms with Gasteiger partial charge in [-0.25, -0.2) is 0 Å². The third-order valence-electron chi connectivity index (χ3n) is 10.2. The van der Waals surface area contributed by atoms with Crippen LogP contribution in [0.25, 0.3) is 0 Å². The van der Waals surface area contributed by atoms with Crippen molar-refractivity contribution in [3.05, 3.63) is 48.6 Å². The zero-order chi connectivity index (χ0) is 32.8. The van der Waals surface area contributed by atoms with E-state index in [4.69, 9.17) is 9.47 Å². The Morgan fingerprint density at radius 2 is 0.761 bits per heavy atom. The first-order chi connectivity index (χ1) is 22.7. The largest absolute Gasteiger partial charge is 0.344 e. The van der Waals surface area contributed by atoms with Gasteiger partial charge in [-0.05, 0) is 95.8 Å². The molecule has 0 radical (unpaired) electrons. The molecule has 4 atom stereocenters. The van der Waals surface area contributed by atoms with Crippen LogP contribution in [0.5, 0.6) is 0 Å². The molecule has 1 aliphatic carbocycles. The maximum Gasteiger partial charge on any atom is 0.169 e. The molecule has 0 bridgehead atoms. The van der Waals surface area contributed by atoms with Crippen LogP contribution in [0.15, 0.2) is 48.6 Å². The van der Waals surface area contributed by atoms with E-state index >= 15 is 0 Å². The molecule has 0 spiro atoms. The Bertz CT molecular complexity index is 778. The molecule has 266 valence electrons. The summed E-state index contributed by atoms with van der Waals surface area (Å²) in [4.78, 5) is 0. The lowest BCUT2D eigenvalue weighted by Gasteiger charge is -2.30. The van der Waals surface area contributed by atoms with Gasteiger partial charge in [-0.15, -0.1) is 0 Å². The molecular weight excluding hydrogens is 560 g/mol. The van der Waals surface area contributed by atoms with E-state index in [-0.39, 0.29) is 5.79 Å². The number of ether oxygens (including phenoxy) is 2. The van der Waals surface area contributed by atoms with Crippen molar-refractivity contribution in [3.8, 4) is 0 Å². The molecule has 1 heterocycles. The minimum atomic E-state index is -0.276. The van der Waals surface area contributed by atoms with E-state index < -0.39 is 0 Å². The van der Waals surface area contributed by atoms with Crippen molar-refractivity contribution in [2.75, 3.05) is 0 Å². The molecule has 0 amide bonds. The zero-order valence-electron chi connectivity index (χ0n) is 31.2. The highest BCUT2D eigenvalue weighted by Gasteiger charge is 2.50. The van der Waals surface area contributed by atoms with Crippen LogP contribution < -0.4 is 0 Å². The Labute approximate surface area is 288 Å². The lowest BCUT2D eigenvalue weighted by atomic mass is 9.98. The van der Waals surface area contributed by atoms with E-state index in [1.165, 1.54) is 161 Å². The van der Waals surface area contributed by atoms with E-state index in [0.717, 1.165) is 31.6 Å². The molecule has 46 heavy (non-hydrogen) atoms. The van der Waals surface area contributed by atoms with Crippen LogP contribution in [0.1, 0.15) is 207 Å². The number of fused-ring (bicyclic) bond motifs is 1. The van der Waals surface area contributed by atoms with Gasteiger partial charge >= 0.3 is 0 Å². The van der Waals surface area contributed by atoms with E-state index in [1.54, 1.807) is 0 Å². The fraction of sp³-hybridized carbons (Fsp3) is 0.818. The predicted octanol–water partition coefficient (Wildman–Crippen LogP) is 14.7. The molecular formula is C44H78O2. The Morgan fingerprint density at radius 3 is 1.13 bits per heavy atom. The van der Waals surface area contributed by atoms with Crippen molar-refractivity contribution >= 4 is 0 Å². The Kier molecular flexibility index (Phi) is 25.7. The standard InChI is InChI=1S/C44H78O2/c1-4-6-8-10-12-14-16-18-20-22-24-26-28-30-32-34-36-38-44(45-42-39-41(3)40-43(42)46-44)37-35-33-31-29-27-25-23-21-19-17-15-13-11-9-7-5-2/h12-15,18-21,41-43H,4-11,16-17,22-40H2,1-3H3/b14-12-,15-13-,20-18-,21-19-/t41?,42-,43+,44?. The lowest BCUT2D eigenvalue weighted by molar-refractivity contribution is -0.192. The van der Waals surface area contributed by atoms with Gasteiger partial charge in [0.1, 0.15) is 0 Å². The van der Waals surface area contributed by atoms with Crippen LogP contribution in [0.2, 0.25) is 0 Å². The van der Waals surface area contributed by atoms with Gasteiger partial charge in [0.15, 0.2) is 5.79 Å². The number of rotatable bonds is 31. The smallest absolute Gasteiger partial charge is 0.169 e. The first-order valence-corrected chi connectivity index (χ1v) is 20.6. The second-order valence-corrected chi connectivity index (χ2v) is 14.8. The van der Waals surface area contributed by atoms with Crippen molar-refractivity contribution in [2.24, 2.45) is 5.92 Å². The zero-order valence-corrected chi connectivity index (χ0v) is 31.2. The number of hydrogen-bond donors (Lipinski definition) is 0. The first kappa shape index (κ1) is 41.1. The van der Waals surface area contributed by atoms with Crippen LogP contribution in [0, 0.1) is 5.92 Å². The second kappa shape index (κ2) is 28.9. The molecule has 2 heteroatoms. The summed E-state index contributed by atoms with van der Waals surface area (Å²) in [5, 5.41) is 0. The van der Waals surface area contributed by atoms with E-state index in [9.17, 15) is 0 Å². The van der Waals surface area contributed by atoms with Crippen molar-refractivity contribution in [1.82, 2.24) is 0 Å². The van der Waals surface area contributed by atoms with Gasteiger partial charge in [0.25, 0.3) is 0 Å². The van der Waals surface area contributed by atoms with Crippen LogP contribution >= 0.6 is 0 Å². The summed E-state index contributed by atoms with van der Waals surface area (Å²) in [5.74, 6) is 0.476. The summed E-state index contributed by atoms with van der Waals surface area (Å²) in [6.07, 6.45) is 56.9. The molecule has 0 aromatic carbocycles. The summed E-state index contributed by atoms with van der Waals surface area (Å²) >= 11 is 0. The molecule has 2 rings (SSSR count). The third-order valence-corrected chi connectivity index (χ3v) is 10.2. The Morgan fingerprint density at radius 1 is 0.435 bits per heavy atom. The second-order valence-electron chi connectivity index (χ2n) is 14.8. The van der Waals surface area contributed by atoms with Gasteiger partial charge in [-0.1, -0.05) is 153 Å². The van der Waals surface area contributed by atoms with Crippen LogP contribution in [-0.4, -0.2) is 18.0 Å². The predicted molar refractivity (Wildman–Crippen MR) is 203 cm³/mol. The summed E-state index contributed by atoms with van der Waals surface area (Å²) in [7, 11) is 0. The molecule has 1 saturated heterocycles. The number of hydrogen-bond acceptors (Lipinski definition) is 2. The average Bonchev–Trinajstić information content (AvgIpc) is 3.56. The molecule has 1 aliphatic heterocycles. The number of allylic oxidation sites excluding steroid dienone is 8. The topological polar surface area (TPSA) is 18.5 Å². The summed E-state index contributed by atoms with van der Waals surface area (Å²) in [6.45, 7) is 6.90. The van der Waals surface area contributed by atoms with Crippen molar-refractivity contribution in [2.45, 2.75) is 225 Å². The SMILES string of the molecule is CCCCC/C=C\C/C=C\CCCCCCCCCC1(CCCCCCCC/C=C\C/C=C\CCCCC)O[C@H]2CC(C)C[C@H]2O1. The average molecular weight is 639 g/mol. The third kappa shape index (κ3) is 21.0. The van der Waals surface area contributed by atoms with Gasteiger partial charge < -0.3 is 9.47 Å². The maximum absolute atomic E-state index is 6.75. The van der Waals surface area contributed by atoms with Crippen molar-refractivity contribution in [3.63, 3.8) is 0 Å². The van der Waals surface area contributed by atoms with Crippen LogP contribution in [0.3, 0.4) is 0 Å². The highest BCUT2D eigenvalue weighted by Crippen LogP contribution is 2.45. The molecule has 0 aromatic rings. The summed E-state index contributed by atoms with van der Waals surface area (Å²) in [6, 6.07) is 0. The first-order valence-electron chi connectivity index (χ1n) is 20.6. The monoisotopic (exact) mass is 639 g/mol. The normalized spacial score (nSPS) is 23.3. The van der Waals surface area contributed by atoms with Gasteiger partial charge in [0.2, 0.25) is 0 Å². The minimum absolute atomic E-state index is 0.276. The summed E-state index contributed by atoms with van der Waals surface area (Å²) < 4.78 is 13.5. The fourth-order valence-corrected chi connectivity index (χ4v) is 7.32. The molecule has 1 saturated carbocycles. The van der Waals surface area contributed by atoms with Gasteiger partial charge in [-0.2, -0.15) is 0 Å². The van der Waals surface area contributed by atoms with E-state index in [2.05, 4.69) is 69.4 Å². The van der Waals surface area contributed by atoms with Crippen molar-refractivity contribution in [1.29, 1.82) is 0 Å². The lowest BCUT2D eigenvalue weighted by Crippen LogP contribution is -2.32. The highest BCUT2D eigenvalue weighted by molar-refractivity contribution is 4.94. The van der Waals surface area contributed by atoms with Gasteiger partial charge in [-0.3, -0.25) is 0 Å². The Hall–Kier alpha value is -1.12. The quantitative estimate of drug-likeness (QED) is 0.0555. The minimum Gasteiger partial charge on any atom is -0.344 e. The van der Waals surface area contributed by atoms with Crippen molar-refractivity contribution < 1.29 is 9.47 Å². The van der Waals surface area contributed by atoms with E-state index in [0.29, 0.717) is 12.2 Å². The van der Waals surface area contributed by atoms with Gasteiger partial charge in [0, 0.05) is 12.8 Å². The maximum atomic E-state index is 6.75. The molecule has 2 unspecified atom stereocenters. The van der Waals surface area contributed by atoms with E-state index in [1.807, 2.05) is 0 Å². The molecule has 0 aromatic heterocycles.